The summed E-state index contributed by atoms with van der Waals surface area (Å²) >= 11 is 0. The molecule has 2 atom stereocenters. The van der Waals surface area contributed by atoms with Crippen molar-refractivity contribution in [2.75, 3.05) is 7.05 Å². The average Bonchev–Trinajstić information content (AvgIpc) is 1.83. The fraction of sp³-hybridized carbons (Fsp3) is 1.00. The van der Waals surface area contributed by atoms with Crippen LogP contribution in [0.25, 0.3) is 0 Å². The highest BCUT2D eigenvalue weighted by atomic mass is 15.2. The molecule has 0 bridgehead atoms. The van der Waals surface area contributed by atoms with Crippen molar-refractivity contribution in [2.24, 2.45) is 5.73 Å². The maximum Gasteiger partial charge on any atom is 0.0571 e. The zero-order valence-corrected chi connectivity index (χ0v) is 6.30. The van der Waals surface area contributed by atoms with Crippen molar-refractivity contribution in [3.8, 4) is 0 Å². The van der Waals surface area contributed by atoms with E-state index in [4.69, 9.17) is 5.73 Å². The molecule has 0 saturated carbocycles. The summed E-state index contributed by atoms with van der Waals surface area (Å²) in [5.41, 5.74) is 5.79. The molecular formula is C7H16N2. The van der Waals surface area contributed by atoms with Crippen LogP contribution >= 0.6 is 0 Å². The SMILES string of the molecule is CC1CCCC(N)N1C. The Morgan fingerprint density at radius 1 is 1.44 bits per heavy atom. The Hall–Kier alpha value is -0.0800. The van der Waals surface area contributed by atoms with Crippen molar-refractivity contribution in [2.45, 2.75) is 38.4 Å². The van der Waals surface area contributed by atoms with Crippen molar-refractivity contribution in [3.05, 3.63) is 0 Å². The third kappa shape index (κ3) is 1.43. The summed E-state index contributed by atoms with van der Waals surface area (Å²) < 4.78 is 0. The van der Waals surface area contributed by atoms with E-state index in [2.05, 4.69) is 18.9 Å². The molecule has 0 aromatic carbocycles. The van der Waals surface area contributed by atoms with Gasteiger partial charge in [0.25, 0.3) is 0 Å². The van der Waals surface area contributed by atoms with Gasteiger partial charge in [-0.2, -0.15) is 0 Å². The first-order chi connectivity index (χ1) is 4.22. The highest BCUT2D eigenvalue weighted by Gasteiger charge is 2.20. The molecule has 1 aliphatic heterocycles. The Bertz CT molecular complexity index is 82.9. The van der Waals surface area contributed by atoms with Gasteiger partial charge in [-0.25, -0.2) is 0 Å². The van der Waals surface area contributed by atoms with Gasteiger partial charge in [-0.1, -0.05) is 0 Å². The summed E-state index contributed by atoms with van der Waals surface area (Å²) in [6.45, 7) is 2.24. The van der Waals surface area contributed by atoms with Gasteiger partial charge in [-0.15, -0.1) is 0 Å². The minimum atomic E-state index is 0.314. The Kier molecular flexibility index (Phi) is 2.09. The standard InChI is InChI=1S/C7H16N2/c1-6-4-3-5-7(8)9(6)2/h6-7H,3-5,8H2,1-2H3. The summed E-state index contributed by atoms with van der Waals surface area (Å²) in [6.07, 6.45) is 4.09. The summed E-state index contributed by atoms with van der Waals surface area (Å²) in [5, 5.41) is 0. The van der Waals surface area contributed by atoms with Crippen molar-refractivity contribution in [3.63, 3.8) is 0 Å². The largest absolute Gasteiger partial charge is 0.316 e. The molecule has 2 nitrogen and oxygen atoms in total. The Morgan fingerprint density at radius 3 is 2.56 bits per heavy atom. The van der Waals surface area contributed by atoms with Gasteiger partial charge >= 0.3 is 0 Å². The lowest BCUT2D eigenvalue weighted by Gasteiger charge is -2.35. The van der Waals surface area contributed by atoms with E-state index in [1.54, 1.807) is 0 Å². The predicted molar refractivity (Wildman–Crippen MR) is 39.1 cm³/mol. The predicted octanol–water partition coefficient (Wildman–Crippen LogP) is 0.775. The lowest BCUT2D eigenvalue weighted by atomic mass is 10.0. The van der Waals surface area contributed by atoms with E-state index < -0.39 is 0 Å². The number of hydrogen-bond acceptors (Lipinski definition) is 2. The van der Waals surface area contributed by atoms with Crippen molar-refractivity contribution in [1.29, 1.82) is 0 Å². The van der Waals surface area contributed by atoms with Crippen LogP contribution in [0.15, 0.2) is 0 Å². The van der Waals surface area contributed by atoms with Gasteiger partial charge in [0.05, 0.1) is 6.17 Å². The number of hydrogen-bond donors (Lipinski definition) is 1. The minimum Gasteiger partial charge on any atom is -0.316 e. The molecular weight excluding hydrogens is 112 g/mol. The van der Waals surface area contributed by atoms with Gasteiger partial charge in [0, 0.05) is 6.04 Å². The van der Waals surface area contributed by atoms with Gasteiger partial charge in [0.1, 0.15) is 0 Å². The zero-order valence-electron chi connectivity index (χ0n) is 6.30. The number of piperidine rings is 1. The molecule has 2 unspecified atom stereocenters. The highest BCUT2D eigenvalue weighted by molar-refractivity contribution is 4.74. The molecule has 0 spiro atoms. The van der Waals surface area contributed by atoms with E-state index >= 15 is 0 Å². The van der Waals surface area contributed by atoms with Crippen LogP contribution in [0.3, 0.4) is 0 Å². The van der Waals surface area contributed by atoms with Crippen molar-refractivity contribution in [1.82, 2.24) is 4.90 Å². The Balaban J connectivity index is 2.41. The number of rotatable bonds is 0. The lowest BCUT2D eigenvalue weighted by molar-refractivity contribution is 0.130. The molecule has 9 heavy (non-hydrogen) atoms. The fourth-order valence-corrected chi connectivity index (χ4v) is 1.36. The summed E-state index contributed by atoms with van der Waals surface area (Å²) in [5.74, 6) is 0. The average molecular weight is 128 g/mol. The van der Waals surface area contributed by atoms with Crippen LogP contribution in [0.1, 0.15) is 26.2 Å². The van der Waals surface area contributed by atoms with E-state index in [1.807, 2.05) is 0 Å². The van der Waals surface area contributed by atoms with E-state index in [0.717, 1.165) is 0 Å². The molecule has 1 rings (SSSR count). The van der Waals surface area contributed by atoms with Crippen LogP contribution in [-0.2, 0) is 0 Å². The maximum atomic E-state index is 5.79. The second-order valence-corrected chi connectivity index (χ2v) is 3.01. The minimum absolute atomic E-state index is 0.314. The van der Waals surface area contributed by atoms with Crippen LogP contribution in [-0.4, -0.2) is 24.2 Å². The Morgan fingerprint density at radius 2 is 2.11 bits per heavy atom. The van der Waals surface area contributed by atoms with Crippen molar-refractivity contribution < 1.29 is 0 Å². The van der Waals surface area contributed by atoms with Gasteiger partial charge in [-0.05, 0) is 33.2 Å². The van der Waals surface area contributed by atoms with E-state index in [-0.39, 0.29) is 0 Å². The monoisotopic (exact) mass is 128 g/mol. The molecule has 1 heterocycles. The normalized spacial score (nSPS) is 39.0. The molecule has 0 aromatic heterocycles. The molecule has 1 fully saturated rings. The van der Waals surface area contributed by atoms with Crippen LogP contribution in [0.2, 0.25) is 0 Å². The van der Waals surface area contributed by atoms with Crippen LogP contribution < -0.4 is 5.73 Å². The quantitative estimate of drug-likeness (QED) is 0.522. The highest BCUT2D eigenvalue weighted by Crippen LogP contribution is 2.16. The van der Waals surface area contributed by atoms with Gasteiger partial charge in [0.15, 0.2) is 0 Å². The van der Waals surface area contributed by atoms with Crippen molar-refractivity contribution >= 4 is 0 Å². The first-order valence-corrected chi connectivity index (χ1v) is 3.69. The van der Waals surface area contributed by atoms with Gasteiger partial charge < -0.3 is 5.73 Å². The summed E-state index contributed by atoms with van der Waals surface area (Å²) in [4.78, 5) is 2.25. The van der Waals surface area contributed by atoms with E-state index in [0.29, 0.717) is 12.2 Å². The number of nitrogens with two attached hydrogens (primary N) is 1. The number of nitrogens with zero attached hydrogens (tertiary/aromatic N) is 1. The molecule has 54 valence electrons. The molecule has 0 aromatic rings. The Labute approximate surface area is 57.0 Å². The second-order valence-electron chi connectivity index (χ2n) is 3.01. The molecule has 1 saturated heterocycles. The molecule has 1 aliphatic rings. The molecule has 0 aliphatic carbocycles. The molecule has 2 N–H and O–H groups in total. The third-order valence-corrected chi connectivity index (χ3v) is 2.34. The molecule has 2 heteroatoms. The first kappa shape index (κ1) is 7.03. The number of likely N-dealkylation sites (tertiary alicyclic amines) is 1. The summed E-state index contributed by atoms with van der Waals surface area (Å²) in [6, 6.07) is 0.689. The van der Waals surface area contributed by atoms with E-state index in [1.165, 1.54) is 19.3 Å². The molecule has 0 amide bonds. The van der Waals surface area contributed by atoms with Crippen LogP contribution in [0.4, 0.5) is 0 Å². The lowest BCUT2D eigenvalue weighted by Crippen LogP contribution is -2.47. The van der Waals surface area contributed by atoms with Gasteiger partial charge in [-0.3, -0.25) is 4.90 Å². The van der Waals surface area contributed by atoms with Crippen LogP contribution in [0.5, 0.6) is 0 Å². The topological polar surface area (TPSA) is 29.3 Å². The third-order valence-electron chi connectivity index (χ3n) is 2.34. The second kappa shape index (κ2) is 2.67. The van der Waals surface area contributed by atoms with E-state index in [9.17, 15) is 0 Å². The zero-order chi connectivity index (χ0) is 6.85. The maximum absolute atomic E-state index is 5.79. The fourth-order valence-electron chi connectivity index (χ4n) is 1.36. The smallest absolute Gasteiger partial charge is 0.0571 e. The van der Waals surface area contributed by atoms with Crippen LogP contribution in [0, 0.1) is 0 Å². The summed E-state index contributed by atoms with van der Waals surface area (Å²) in [7, 11) is 2.11. The van der Waals surface area contributed by atoms with Gasteiger partial charge in [0.2, 0.25) is 0 Å². The molecule has 0 radical (unpaired) electrons. The first-order valence-electron chi connectivity index (χ1n) is 3.69.